The van der Waals surface area contributed by atoms with Gasteiger partial charge in [0.05, 0.1) is 0 Å². The Morgan fingerprint density at radius 2 is 0.955 bits per heavy atom. The molecule has 2 aromatic carbocycles. The minimum absolute atomic E-state index is 0.142. The number of carbonyl (C=O) groups is 2. The number of thiocarbonyl (C=S) groups is 2. The number of rotatable bonds is 16. The van der Waals surface area contributed by atoms with E-state index in [1.54, 1.807) is 0 Å². The normalized spacial score (nSPS) is 11.0. The second kappa shape index (κ2) is 20.9. The molecule has 0 atom stereocenters. The fourth-order valence-corrected chi connectivity index (χ4v) is 4.46. The van der Waals surface area contributed by atoms with Gasteiger partial charge in [-0.25, -0.2) is 0 Å². The number of amides is 2. The minimum Gasteiger partial charge on any atom is -0.484 e. The fraction of sp³-hybridized carbons (Fsp3) is 0.438. The van der Waals surface area contributed by atoms with Crippen LogP contribution >= 0.6 is 24.4 Å². The predicted octanol–water partition coefficient (Wildman–Crippen LogP) is 4.77. The topological polar surface area (TPSA) is 125 Å². The van der Waals surface area contributed by atoms with Crippen LogP contribution in [0.2, 0.25) is 0 Å². The number of hydrazine groups is 2. The Bertz CT molecular complexity index is 1140. The molecule has 0 aliphatic carbocycles. The van der Waals surface area contributed by atoms with E-state index >= 15 is 0 Å². The molecule has 0 fully saturated rings. The summed E-state index contributed by atoms with van der Waals surface area (Å²) in [6, 6.07) is 15.5. The molecule has 10 nitrogen and oxygen atoms in total. The maximum atomic E-state index is 12.1. The molecule has 0 aromatic heterocycles. The summed E-state index contributed by atoms with van der Waals surface area (Å²) in [5, 5.41) is 6.78. The van der Waals surface area contributed by atoms with Gasteiger partial charge in [-0.2, -0.15) is 0 Å². The van der Waals surface area contributed by atoms with Gasteiger partial charge in [0, 0.05) is 13.1 Å². The van der Waals surface area contributed by atoms with Gasteiger partial charge >= 0.3 is 0 Å². The van der Waals surface area contributed by atoms with Crippen molar-refractivity contribution in [2.45, 2.75) is 66.2 Å². The molecule has 44 heavy (non-hydrogen) atoms. The van der Waals surface area contributed by atoms with Crippen molar-refractivity contribution in [3.8, 4) is 11.5 Å². The molecule has 0 saturated carbocycles. The van der Waals surface area contributed by atoms with E-state index in [1.165, 1.54) is 11.1 Å². The van der Waals surface area contributed by atoms with E-state index in [0.717, 1.165) is 62.7 Å². The minimum atomic E-state index is -0.333. The SMILES string of the molecule is CCCCNC(=S)NNC(=O)COc1ccc(C(CC)=C(CC)c2ccc(OCC(=O)NNC(=S)NCCCC)cc2)cc1. The molecule has 0 aliphatic heterocycles. The molecule has 0 spiro atoms. The summed E-state index contributed by atoms with van der Waals surface area (Å²) < 4.78 is 11.3. The van der Waals surface area contributed by atoms with E-state index < -0.39 is 0 Å². The molecular weight excluding hydrogens is 597 g/mol. The maximum Gasteiger partial charge on any atom is 0.276 e. The van der Waals surface area contributed by atoms with Gasteiger partial charge in [-0.05, 0) is 96.7 Å². The molecule has 0 aliphatic rings. The van der Waals surface area contributed by atoms with Crippen molar-refractivity contribution < 1.29 is 19.1 Å². The quantitative estimate of drug-likeness (QED) is 0.0661. The number of carbonyl (C=O) groups excluding carboxylic acids is 2. The Kier molecular flexibility index (Phi) is 17.2. The molecule has 12 heteroatoms. The van der Waals surface area contributed by atoms with Crippen LogP contribution in [0.1, 0.15) is 77.3 Å². The van der Waals surface area contributed by atoms with Gasteiger partial charge in [0.1, 0.15) is 11.5 Å². The molecular formula is C32H46N6O4S2. The van der Waals surface area contributed by atoms with Crippen molar-refractivity contribution in [3.63, 3.8) is 0 Å². The Hall–Kier alpha value is -3.90. The first-order valence-electron chi connectivity index (χ1n) is 15.1. The van der Waals surface area contributed by atoms with Crippen molar-refractivity contribution in [3.05, 3.63) is 59.7 Å². The van der Waals surface area contributed by atoms with Crippen molar-refractivity contribution >= 4 is 57.6 Å². The van der Waals surface area contributed by atoms with Crippen LogP contribution in [0.25, 0.3) is 11.1 Å². The third kappa shape index (κ3) is 13.6. The Morgan fingerprint density at radius 3 is 1.27 bits per heavy atom. The lowest BCUT2D eigenvalue weighted by molar-refractivity contribution is -0.124. The van der Waals surface area contributed by atoms with E-state index in [-0.39, 0.29) is 25.0 Å². The lowest BCUT2D eigenvalue weighted by Crippen LogP contribution is -2.48. The van der Waals surface area contributed by atoms with Crippen molar-refractivity contribution in [2.24, 2.45) is 0 Å². The highest BCUT2D eigenvalue weighted by Gasteiger charge is 2.11. The second-order valence-electron chi connectivity index (χ2n) is 9.86. The average molecular weight is 643 g/mol. The second-order valence-corrected chi connectivity index (χ2v) is 10.7. The van der Waals surface area contributed by atoms with Crippen LogP contribution in [0.5, 0.6) is 11.5 Å². The summed E-state index contributed by atoms with van der Waals surface area (Å²) in [6.45, 7) is 9.67. The maximum absolute atomic E-state index is 12.1. The number of nitrogens with one attached hydrogen (secondary N) is 6. The van der Waals surface area contributed by atoms with Gasteiger partial charge in [0.2, 0.25) is 0 Å². The van der Waals surface area contributed by atoms with Gasteiger partial charge in [-0.15, -0.1) is 0 Å². The zero-order valence-corrected chi connectivity index (χ0v) is 27.8. The summed E-state index contributed by atoms with van der Waals surface area (Å²) in [5.74, 6) is 0.521. The molecule has 240 valence electrons. The molecule has 0 saturated heterocycles. The average Bonchev–Trinajstić information content (AvgIpc) is 3.04. The van der Waals surface area contributed by atoms with Crippen molar-refractivity contribution in [1.29, 1.82) is 0 Å². The largest absolute Gasteiger partial charge is 0.484 e. The van der Waals surface area contributed by atoms with E-state index in [0.29, 0.717) is 21.7 Å². The molecule has 0 radical (unpaired) electrons. The lowest BCUT2D eigenvalue weighted by atomic mass is 9.91. The lowest BCUT2D eigenvalue weighted by Gasteiger charge is -2.16. The van der Waals surface area contributed by atoms with Crippen LogP contribution in [-0.2, 0) is 9.59 Å². The first-order chi connectivity index (χ1) is 21.3. The highest BCUT2D eigenvalue weighted by atomic mass is 32.1. The molecule has 0 heterocycles. The zero-order chi connectivity index (χ0) is 32.2. The first kappa shape index (κ1) is 36.3. The Labute approximate surface area is 272 Å². The smallest absolute Gasteiger partial charge is 0.276 e. The summed E-state index contributed by atoms with van der Waals surface area (Å²) >= 11 is 10.3. The van der Waals surface area contributed by atoms with E-state index in [1.807, 2.05) is 48.5 Å². The number of benzene rings is 2. The van der Waals surface area contributed by atoms with Gasteiger partial charge in [-0.1, -0.05) is 64.8 Å². The van der Waals surface area contributed by atoms with Crippen LogP contribution in [0, 0.1) is 0 Å². The van der Waals surface area contributed by atoms with Crippen molar-refractivity contribution in [1.82, 2.24) is 32.3 Å². The number of allylic oxidation sites excluding steroid dienone is 2. The monoisotopic (exact) mass is 642 g/mol. The van der Waals surface area contributed by atoms with Gasteiger partial charge in [-0.3, -0.25) is 31.3 Å². The molecule has 2 rings (SSSR count). The third-order valence-corrected chi connectivity index (χ3v) is 6.97. The van der Waals surface area contributed by atoms with Gasteiger partial charge in [0.15, 0.2) is 23.4 Å². The van der Waals surface area contributed by atoms with E-state index in [2.05, 4.69) is 60.0 Å². The van der Waals surface area contributed by atoms with E-state index in [4.69, 9.17) is 33.9 Å². The highest BCUT2D eigenvalue weighted by Crippen LogP contribution is 2.33. The number of ether oxygens (including phenoxy) is 2. The fourth-order valence-electron chi connectivity index (χ4n) is 4.16. The Morgan fingerprint density at radius 1 is 0.591 bits per heavy atom. The molecule has 0 unspecified atom stereocenters. The van der Waals surface area contributed by atoms with Crippen LogP contribution < -0.4 is 41.8 Å². The number of hydrogen-bond acceptors (Lipinski definition) is 6. The molecule has 2 amide bonds. The Balaban J connectivity index is 1.91. The van der Waals surface area contributed by atoms with Crippen LogP contribution in [0.15, 0.2) is 48.5 Å². The van der Waals surface area contributed by atoms with Crippen molar-refractivity contribution in [2.75, 3.05) is 26.3 Å². The van der Waals surface area contributed by atoms with Crippen LogP contribution in [0.3, 0.4) is 0 Å². The van der Waals surface area contributed by atoms with Crippen LogP contribution in [0.4, 0.5) is 0 Å². The van der Waals surface area contributed by atoms with Gasteiger partial charge in [0.25, 0.3) is 11.8 Å². The molecule has 6 N–H and O–H groups in total. The summed E-state index contributed by atoms with van der Waals surface area (Å²) in [7, 11) is 0. The molecule has 0 bridgehead atoms. The number of hydrogen-bond donors (Lipinski definition) is 6. The predicted molar refractivity (Wildman–Crippen MR) is 185 cm³/mol. The van der Waals surface area contributed by atoms with E-state index in [9.17, 15) is 9.59 Å². The summed E-state index contributed by atoms with van der Waals surface area (Å²) in [6.07, 6.45) is 5.79. The first-order valence-corrected chi connectivity index (χ1v) is 16.0. The molecule has 2 aromatic rings. The standard InChI is InChI=1S/C32H46N6O4S2/c1-5-9-19-33-31(43)37-35-29(39)21-41-25-15-11-23(12-16-25)27(7-3)28(8-4)24-13-17-26(18-14-24)42-22-30(40)36-38-32(44)34-20-10-6-2/h11-18H,5-10,19-22H2,1-4H3,(H,35,39)(H,36,40)(H2,33,37,43)(H2,34,38,44). The van der Waals surface area contributed by atoms with Gasteiger partial charge < -0.3 is 20.1 Å². The zero-order valence-electron chi connectivity index (χ0n) is 26.1. The summed E-state index contributed by atoms with van der Waals surface area (Å²) in [5.41, 5.74) is 15.0. The summed E-state index contributed by atoms with van der Waals surface area (Å²) in [4.78, 5) is 24.2. The highest BCUT2D eigenvalue weighted by molar-refractivity contribution is 7.80. The third-order valence-electron chi connectivity index (χ3n) is 6.48. The number of unbranched alkanes of at least 4 members (excludes halogenated alkanes) is 2. The van der Waals surface area contributed by atoms with Crippen LogP contribution in [-0.4, -0.2) is 48.3 Å².